The van der Waals surface area contributed by atoms with Crippen molar-refractivity contribution >= 4 is 21.4 Å². The molecule has 3 atom stereocenters. The summed E-state index contributed by atoms with van der Waals surface area (Å²) in [6.45, 7) is 4.29. The molecule has 3 unspecified atom stereocenters. The van der Waals surface area contributed by atoms with E-state index in [0.717, 1.165) is 30.6 Å². The van der Waals surface area contributed by atoms with Gasteiger partial charge in [-0.3, -0.25) is 0 Å². The molecule has 1 aliphatic carbocycles. The Bertz CT molecular complexity index is 524. The number of rotatable bonds is 4. The highest BCUT2D eigenvalue weighted by Gasteiger charge is 2.28. The van der Waals surface area contributed by atoms with Crippen LogP contribution >= 0.6 is 11.3 Å². The van der Waals surface area contributed by atoms with Crippen LogP contribution < -0.4 is 4.72 Å². The molecule has 0 saturated heterocycles. The zero-order valence-corrected chi connectivity index (χ0v) is 12.9. The Morgan fingerprint density at radius 1 is 1.32 bits per heavy atom. The van der Waals surface area contributed by atoms with Crippen molar-refractivity contribution in [3.05, 3.63) is 17.0 Å². The highest BCUT2D eigenvalue weighted by atomic mass is 32.2. The van der Waals surface area contributed by atoms with E-state index < -0.39 is 10.0 Å². The minimum absolute atomic E-state index is 0.0378. The third-order valence-electron chi connectivity index (χ3n) is 3.98. The van der Waals surface area contributed by atoms with Crippen molar-refractivity contribution in [2.75, 3.05) is 0 Å². The van der Waals surface area contributed by atoms with E-state index in [-0.39, 0.29) is 12.6 Å². The minimum Gasteiger partial charge on any atom is -0.391 e. The lowest BCUT2D eigenvalue weighted by Gasteiger charge is -2.32. The lowest BCUT2D eigenvalue weighted by molar-refractivity contribution is 0.242. The lowest BCUT2D eigenvalue weighted by atomic mass is 9.79. The van der Waals surface area contributed by atoms with Crippen molar-refractivity contribution < 1.29 is 13.5 Å². The topological polar surface area (TPSA) is 66.4 Å². The Hall–Kier alpha value is -0.430. The number of hydrogen-bond acceptors (Lipinski definition) is 4. The first-order chi connectivity index (χ1) is 8.92. The Morgan fingerprint density at radius 2 is 2.05 bits per heavy atom. The smallest absolute Gasteiger partial charge is 0.250 e. The Labute approximate surface area is 118 Å². The first kappa shape index (κ1) is 15.0. The van der Waals surface area contributed by atoms with Crippen LogP contribution in [0.4, 0.5) is 0 Å². The van der Waals surface area contributed by atoms with Crippen molar-refractivity contribution in [1.29, 1.82) is 0 Å². The first-order valence-electron chi connectivity index (χ1n) is 6.64. The van der Waals surface area contributed by atoms with Crippen molar-refractivity contribution in [3.8, 4) is 0 Å². The van der Waals surface area contributed by atoms with Crippen molar-refractivity contribution in [3.63, 3.8) is 0 Å². The number of sulfonamides is 1. The molecule has 2 N–H and O–H groups in total. The molecule has 0 radical (unpaired) electrons. The molecule has 1 aliphatic rings. The molecular formula is C13H21NO3S2. The molecular weight excluding hydrogens is 282 g/mol. The quantitative estimate of drug-likeness (QED) is 0.897. The minimum atomic E-state index is -3.43. The van der Waals surface area contributed by atoms with Crippen LogP contribution in [-0.4, -0.2) is 19.6 Å². The molecule has 4 nitrogen and oxygen atoms in total. The fraction of sp³-hybridized carbons (Fsp3) is 0.692. The third kappa shape index (κ3) is 3.56. The summed E-state index contributed by atoms with van der Waals surface area (Å²) in [6, 6.07) is 3.26. The fourth-order valence-corrected chi connectivity index (χ4v) is 5.04. The molecule has 1 aromatic heterocycles. The number of thiophene rings is 1. The van der Waals surface area contributed by atoms with E-state index >= 15 is 0 Å². The molecule has 0 aliphatic heterocycles. The number of nitrogens with one attached hydrogen (secondary N) is 1. The monoisotopic (exact) mass is 303 g/mol. The summed E-state index contributed by atoms with van der Waals surface area (Å²) in [6.07, 6.45) is 2.88. The van der Waals surface area contributed by atoms with E-state index in [1.165, 1.54) is 0 Å². The molecule has 0 aromatic carbocycles. The van der Waals surface area contributed by atoms with E-state index in [2.05, 4.69) is 18.6 Å². The van der Waals surface area contributed by atoms with E-state index in [0.29, 0.717) is 20.9 Å². The van der Waals surface area contributed by atoms with Gasteiger partial charge >= 0.3 is 0 Å². The van der Waals surface area contributed by atoms with Crippen molar-refractivity contribution in [2.45, 2.75) is 50.0 Å². The van der Waals surface area contributed by atoms with Gasteiger partial charge in [-0.2, -0.15) is 0 Å². The zero-order valence-electron chi connectivity index (χ0n) is 11.3. The Balaban J connectivity index is 2.05. The standard InChI is InChI=1S/C13H21NO3S2/c1-9-3-4-11(7-10(9)2)14-19(16,17)13-6-5-12(8-15)18-13/h5-6,9-11,14-15H,3-4,7-8H2,1-2H3. The normalized spacial score (nSPS) is 28.5. The summed E-state index contributed by atoms with van der Waals surface area (Å²) < 4.78 is 27.6. The third-order valence-corrected chi connectivity index (χ3v) is 7.06. The number of aliphatic hydroxyl groups is 1. The Morgan fingerprint density at radius 3 is 2.63 bits per heavy atom. The van der Waals surface area contributed by atoms with E-state index in [1.807, 2.05) is 0 Å². The molecule has 1 heterocycles. The van der Waals surface area contributed by atoms with Crippen LogP contribution in [0.25, 0.3) is 0 Å². The van der Waals surface area contributed by atoms with Crippen LogP contribution in [0.15, 0.2) is 16.3 Å². The van der Waals surface area contributed by atoms with Crippen LogP contribution in [0, 0.1) is 11.8 Å². The van der Waals surface area contributed by atoms with Crippen LogP contribution in [0.1, 0.15) is 38.0 Å². The van der Waals surface area contributed by atoms with Crippen molar-refractivity contribution in [2.24, 2.45) is 11.8 Å². The van der Waals surface area contributed by atoms with Gasteiger partial charge in [-0.05, 0) is 43.2 Å². The maximum atomic E-state index is 12.2. The van der Waals surface area contributed by atoms with Crippen molar-refractivity contribution in [1.82, 2.24) is 4.72 Å². The summed E-state index contributed by atoms with van der Waals surface area (Å²) in [5.41, 5.74) is 0. The maximum absolute atomic E-state index is 12.2. The van der Waals surface area contributed by atoms with Gasteiger partial charge in [-0.25, -0.2) is 13.1 Å². The van der Waals surface area contributed by atoms with Gasteiger partial charge in [0.25, 0.3) is 0 Å². The summed E-state index contributed by atoms with van der Waals surface area (Å²) >= 11 is 1.13. The molecule has 6 heteroatoms. The number of aliphatic hydroxyl groups excluding tert-OH is 1. The average Bonchev–Trinajstić information content (AvgIpc) is 2.83. The first-order valence-corrected chi connectivity index (χ1v) is 8.94. The van der Waals surface area contributed by atoms with Gasteiger partial charge in [0.2, 0.25) is 10.0 Å². The van der Waals surface area contributed by atoms with Gasteiger partial charge < -0.3 is 5.11 Å². The second-order valence-corrected chi connectivity index (χ2v) is 8.57. The SMILES string of the molecule is CC1CCC(NS(=O)(=O)c2ccc(CO)s2)CC1C. The predicted molar refractivity (Wildman–Crippen MR) is 76.5 cm³/mol. The second-order valence-electron chi connectivity index (χ2n) is 5.46. The number of hydrogen-bond donors (Lipinski definition) is 2. The molecule has 1 saturated carbocycles. The van der Waals surface area contributed by atoms with Gasteiger partial charge in [-0.1, -0.05) is 13.8 Å². The molecule has 0 spiro atoms. The Kier molecular flexibility index (Phi) is 4.66. The summed E-state index contributed by atoms with van der Waals surface area (Å²) in [4.78, 5) is 0.672. The molecule has 1 aromatic rings. The fourth-order valence-electron chi connectivity index (χ4n) is 2.52. The van der Waals surface area contributed by atoms with Gasteiger partial charge in [-0.15, -0.1) is 11.3 Å². The summed E-state index contributed by atoms with van der Waals surface area (Å²) in [7, 11) is -3.43. The molecule has 108 valence electrons. The largest absolute Gasteiger partial charge is 0.391 e. The van der Waals surface area contributed by atoms with Gasteiger partial charge in [0.05, 0.1) is 6.61 Å². The maximum Gasteiger partial charge on any atom is 0.250 e. The van der Waals surface area contributed by atoms with E-state index in [1.54, 1.807) is 12.1 Å². The zero-order chi connectivity index (χ0) is 14.0. The van der Waals surface area contributed by atoms with E-state index in [4.69, 9.17) is 5.11 Å². The van der Waals surface area contributed by atoms with E-state index in [9.17, 15) is 8.42 Å². The second kappa shape index (κ2) is 5.91. The van der Waals surface area contributed by atoms with Crippen LogP contribution in [0.3, 0.4) is 0 Å². The van der Waals surface area contributed by atoms with Crippen LogP contribution in [0.5, 0.6) is 0 Å². The molecule has 0 amide bonds. The molecule has 19 heavy (non-hydrogen) atoms. The summed E-state index contributed by atoms with van der Waals surface area (Å²) in [5.74, 6) is 1.22. The van der Waals surface area contributed by atoms with Crippen LogP contribution in [0.2, 0.25) is 0 Å². The summed E-state index contributed by atoms with van der Waals surface area (Å²) in [5, 5.41) is 9.00. The lowest BCUT2D eigenvalue weighted by Crippen LogP contribution is -2.39. The highest BCUT2D eigenvalue weighted by molar-refractivity contribution is 7.91. The molecule has 0 bridgehead atoms. The average molecular weight is 303 g/mol. The predicted octanol–water partition coefficient (Wildman–Crippen LogP) is 2.34. The van der Waals surface area contributed by atoms with Crippen LogP contribution in [-0.2, 0) is 16.6 Å². The van der Waals surface area contributed by atoms with Gasteiger partial charge in [0.1, 0.15) is 4.21 Å². The van der Waals surface area contributed by atoms with Gasteiger partial charge in [0, 0.05) is 10.9 Å². The van der Waals surface area contributed by atoms with Gasteiger partial charge in [0.15, 0.2) is 0 Å². The molecule has 1 fully saturated rings. The highest BCUT2D eigenvalue weighted by Crippen LogP contribution is 2.30. The molecule has 2 rings (SSSR count).